The first-order chi connectivity index (χ1) is 10.2. The number of morpholine rings is 1. The lowest BCUT2D eigenvalue weighted by Crippen LogP contribution is -2.50. The van der Waals surface area contributed by atoms with Gasteiger partial charge < -0.3 is 15.2 Å². The lowest BCUT2D eigenvalue weighted by molar-refractivity contribution is -0.123. The molecule has 0 aromatic carbocycles. The van der Waals surface area contributed by atoms with E-state index in [1.165, 1.54) is 32.1 Å². The number of amides is 1. The summed E-state index contributed by atoms with van der Waals surface area (Å²) >= 11 is 0. The minimum atomic E-state index is -0.105. The zero-order valence-electron chi connectivity index (χ0n) is 13.2. The Balaban J connectivity index is 1.63. The van der Waals surface area contributed by atoms with Gasteiger partial charge >= 0.3 is 0 Å². The maximum Gasteiger partial charge on any atom is 0.221 e. The summed E-state index contributed by atoms with van der Waals surface area (Å²) in [6.45, 7) is 5.10. The number of aliphatic hydroxyl groups is 1. The molecule has 0 aromatic rings. The molecule has 0 spiro atoms. The number of carbonyl (C=O) groups excluding carboxylic acids is 1. The van der Waals surface area contributed by atoms with E-state index in [0.717, 1.165) is 13.1 Å². The van der Waals surface area contributed by atoms with Crippen molar-refractivity contribution in [3.63, 3.8) is 0 Å². The van der Waals surface area contributed by atoms with Crippen LogP contribution in [-0.4, -0.2) is 60.9 Å². The van der Waals surface area contributed by atoms with Gasteiger partial charge in [0.1, 0.15) is 0 Å². The fourth-order valence-corrected chi connectivity index (χ4v) is 3.28. The molecule has 2 fully saturated rings. The van der Waals surface area contributed by atoms with Crippen molar-refractivity contribution in [3.05, 3.63) is 0 Å². The Labute approximate surface area is 128 Å². The number of carbonyl (C=O) groups is 1. The number of hydrogen-bond acceptors (Lipinski definition) is 4. The Morgan fingerprint density at radius 3 is 2.81 bits per heavy atom. The summed E-state index contributed by atoms with van der Waals surface area (Å²) in [7, 11) is 0. The molecule has 1 aliphatic carbocycles. The highest BCUT2D eigenvalue weighted by Gasteiger charge is 2.25. The molecule has 1 aliphatic heterocycles. The van der Waals surface area contributed by atoms with Crippen LogP contribution in [0, 0.1) is 5.92 Å². The first-order valence-corrected chi connectivity index (χ1v) is 8.42. The topological polar surface area (TPSA) is 61.8 Å². The van der Waals surface area contributed by atoms with Gasteiger partial charge in [-0.3, -0.25) is 9.69 Å². The van der Waals surface area contributed by atoms with E-state index in [1.807, 2.05) is 0 Å². The molecule has 5 nitrogen and oxygen atoms in total. The van der Waals surface area contributed by atoms with Gasteiger partial charge in [-0.1, -0.05) is 19.3 Å². The van der Waals surface area contributed by atoms with Crippen LogP contribution in [0.5, 0.6) is 0 Å². The second-order valence-electron chi connectivity index (χ2n) is 6.54. The lowest BCUT2D eigenvalue weighted by atomic mass is 9.89. The smallest absolute Gasteiger partial charge is 0.221 e. The molecule has 122 valence electrons. The van der Waals surface area contributed by atoms with Gasteiger partial charge in [-0.15, -0.1) is 0 Å². The summed E-state index contributed by atoms with van der Waals surface area (Å²) in [6, 6.07) is 0.318. The molecular formula is C16H30N2O3. The molecule has 0 bridgehead atoms. The predicted molar refractivity (Wildman–Crippen MR) is 82.1 cm³/mol. The second kappa shape index (κ2) is 8.71. The minimum Gasteiger partial charge on any atom is -0.394 e. The Morgan fingerprint density at radius 1 is 1.33 bits per heavy atom. The molecule has 1 saturated carbocycles. The van der Waals surface area contributed by atoms with E-state index in [-0.39, 0.29) is 18.6 Å². The monoisotopic (exact) mass is 298 g/mol. The van der Waals surface area contributed by atoms with Crippen molar-refractivity contribution < 1.29 is 14.6 Å². The lowest BCUT2D eigenvalue weighted by Gasteiger charge is -2.37. The predicted octanol–water partition coefficient (Wildman–Crippen LogP) is 1.15. The van der Waals surface area contributed by atoms with Gasteiger partial charge in [-0.25, -0.2) is 0 Å². The van der Waals surface area contributed by atoms with Crippen LogP contribution in [-0.2, 0) is 9.53 Å². The van der Waals surface area contributed by atoms with Gasteiger partial charge in [0.15, 0.2) is 0 Å². The van der Waals surface area contributed by atoms with Crippen molar-refractivity contribution in [1.29, 1.82) is 0 Å². The van der Waals surface area contributed by atoms with Crippen molar-refractivity contribution in [2.24, 2.45) is 5.92 Å². The maximum absolute atomic E-state index is 12.0. The van der Waals surface area contributed by atoms with E-state index in [4.69, 9.17) is 9.84 Å². The zero-order chi connectivity index (χ0) is 15.1. The van der Waals surface area contributed by atoms with Gasteiger partial charge in [-0.05, 0) is 25.7 Å². The number of rotatable bonds is 6. The summed E-state index contributed by atoms with van der Waals surface area (Å²) in [6.07, 6.45) is 6.94. The average Bonchev–Trinajstić information content (AvgIpc) is 2.53. The van der Waals surface area contributed by atoms with Gasteiger partial charge in [-0.2, -0.15) is 0 Å². The molecule has 5 heteroatoms. The van der Waals surface area contributed by atoms with Crippen LogP contribution in [0.2, 0.25) is 0 Å². The number of hydrogen-bond donors (Lipinski definition) is 2. The van der Waals surface area contributed by atoms with Crippen molar-refractivity contribution >= 4 is 5.91 Å². The van der Waals surface area contributed by atoms with Crippen LogP contribution in [0.25, 0.3) is 0 Å². The molecule has 2 aliphatic rings. The fourth-order valence-electron chi connectivity index (χ4n) is 3.28. The van der Waals surface area contributed by atoms with Crippen molar-refractivity contribution in [2.45, 2.75) is 57.6 Å². The van der Waals surface area contributed by atoms with E-state index in [9.17, 15) is 4.79 Å². The van der Waals surface area contributed by atoms with Crippen LogP contribution in [0.3, 0.4) is 0 Å². The normalized spacial score (nSPS) is 28.5. The molecule has 1 amide bonds. The van der Waals surface area contributed by atoms with Gasteiger partial charge in [0.25, 0.3) is 0 Å². The Kier molecular flexibility index (Phi) is 6.93. The van der Waals surface area contributed by atoms with Crippen molar-refractivity contribution in [3.8, 4) is 0 Å². The Bertz CT molecular complexity index is 319. The second-order valence-corrected chi connectivity index (χ2v) is 6.54. The number of ether oxygens (including phenoxy) is 1. The fraction of sp³-hybridized carbons (Fsp3) is 0.938. The highest BCUT2D eigenvalue weighted by Crippen LogP contribution is 2.22. The standard InChI is InChI=1S/C16H30N2O3/c1-13-12-21-15(11-19)10-18(13)8-7-16(20)17-9-14-5-3-2-4-6-14/h13-15,19H,2-12H2,1H3,(H,17,20). The third-order valence-corrected chi connectivity index (χ3v) is 4.78. The van der Waals surface area contributed by atoms with Crippen LogP contribution < -0.4 is 5.32 Å². The third-order valence-electron chi connectivity index (χ3n) is 4.78. The van der Waals surface area contributed by atoms with Crippen LogP contribution in [0.4, 0.5) is 0 Å². The van der Waals surface area contributed by atoms with Gasteiger partial charge in [0.2, 0.25) is 5.91 Å². The SMILES string of the molecule is CC1COC(CO)CN1CCC(=O)NCC1CCCCC1. The highest BCUT2D eigenvalue weighted by molar-refractivity contribution is 5.76. The molecule has 2 rings (SSSR count). The Morgan fingerprint density at radius 2 is 2.10 bits per heavy atom. The van der Waals surface area contributed by atoms with Crippen LogP contribution in [0.15, 0.2) is 0 Å². The van der Waals surface area contributed by atoms with Gasteiger partial charge in [0, 0.05) is 32.1 Å². The van der Waals surface area contributed by atoms with E-state index < -0.39 is 0 Å². The number of nitrogens with one attached hydrogen (secondary N) is 1. The molecule has 2 unspecified atom stereocenters. The van der Waals surface area contributed by atoms with Crippen molar-refractivity contribution in [2.75, 3.05) is 32.8 Å². The van der Waals surface area contributed by atoms with E-state index in [0.29, 0.717) is 31.5 Å². The minimum absolute atomic E-state index is 0.0527. The highest BCUT2D eigenvalue weighted by atomic mass is 16.5. The number of nitrogens with zero attached hydrogens (tertiary/aromatic N) is 1. The largest absolute Gasteiger partial charge is 0.394 e. The Hall–Kier alpha value is -0.650. The zero-order valence-corrected chi connectivity index (χ0v) is 13.2. The van der Waals surface area contributed by atoms with E-state index >= 15 is 0 Å². The van der Waals surface area contributed by atoms with Gasteiger partial charge in [0.05, 0.1) is 19.3 Å². The molecule has 1 saturated heterocycles. The number of aliphatic hydroxyl groups excluding tert-OH is 1. The third kappa shape index (κ3) is 5.57. The van der Waals surface area contributed by atoms with E-state index in [2.05, 4.69) is 17.1 Å². The van der Waals surface area contributed by atoms with Crippen LogP contribution in [0.1, 0.15) is 45.4 Å². The van der Waals surface area contributed by atoms with Crippen LogP contribution >= 0.6 is 0 Å². The molecule has 0 aromatic heterocycles. The molecule has 0 radical (unpaired) electrons. The van der Waals surface area contributed by atoms with Crippen molar-refractivity contribution in [1.82, 2.24) is 10.2 Å². The average molecular weight is 298 g/mol. The summed E-state index contributed by atoms with van der Waals surface area (Å²) < 4.78 is 5.51. The molecule has 1 heterocycles. The molecule has 2 N–H and O–H groups in total. The first-order valence-electron chi connectivity index (χ1n) is 8.42. The molecular weight excluding hydrogens is 268 g/mol. The van der Waals surface area contributed by atoms with E-state index in [1.54, 1.807) is 0 Å². The summed E-state index contributed by atoms with van der Waals surface area (Å²) in [4.78, 5) is 14.2. The first kappa shape index (κ1) is 16.7. The summed E-state index contributed by atoms with van der Waals surface area (Å²) in [5.74, 6) is 0.837. The molecule has 21 heavy (non-hydrogen) atoms. The summed E-state index contributed by atoms with van der Waals surface area (Å²) in [5, 5.41) is 12.3. The summed E-state index contributed by atoms with van der Waals surface area (Å²) in [5.41, 5.74) is 0. The maximum atomic E-state index is 12.0. The quantitative estimate of drug-likeness (QED) is 0.772. The molecule has 2 atom stereocenters.